The number of nitrogens with zero attached hydrogens (tertiary/aromatic N) is 3. The van der Waals surface area contributed by atoms with Gasteiger partial charge in [-0.3, -0.25) is 4.79 Å². The van der Waals surface area contributed by atoms with Crippen LogP contribution in [-0.4, -0.2) is 53.4 Å². The van der Waals surface area contributed by atoms with Crippen molar-refractivity contribution in [3.63, 3.8) is 0 Å². The molecule has 0 aromatic carbocycles. The van der Waals surface area contributed by atoms with Crippen LogP contribution in [0.2, 0.25) is 0 Å². The maximum Gasteiger partial charge on any atom is 0.410 e. The normalized spacial score (nSPS) is 27.2. The van der Waals surface area contributed by atoms with Crippen LogP contribution in [0.5, 0.6) is 0 Å². The minimum atomic E-state index is -0.691. The van der Waals surface area contributed by atoms with Crippen LogP contribution in [0.1, 0.15) is 34.1 Å². The second-order valence-electron chi connectivity index (χ2n) is 6.36. The minimum Gasteiger partial charge on any atom is -0.444 e. The molecule has 0 saturated carbocycles. The van der Waals surface area contributed by atoms with Crippen LogP contribution in [0.25, 0.3) is 0 Å². The number of hydrogen-bond donors (Lipinski definition) is 0. The highest BCUT2D eigenvalue weighted by Crippen LogP contribution is 2.34. The van der Waals surface area contributed by atoms with E-state index >= 15 is 0 Å². The molecule has 1 fully saturated rings. The fourth-order valence-electron chi connectivity index (χ4n) is 2.49. The molecule has 19 heavy (non-hydrogen) atoms. The predicted molar refractivity (Wildman–Crippen MR) is 70.7 cm³/mol. The lowest BCUT2D eigenvalue weighted by molar-refractivity contribution is -0.135. The largest absolute Gasteiger partial charge is 0.444 e. The van der Waals surface area contributed by atoms with Gasteiger partial charge in [-0.25, -0.2) is 9.80 Å². The molecule has 2 rings (SSSR count). The summed E-state index contributed by atoms with van der Waals surface area (Å²) in [5.74, 6) is -0.0595. The Kier molecular flexibility index (Phi) is 3.07. The summed E-state index contributed by atoms with van der Waals surface area (Å²) in [6.45, 7) is 8.22. The Morgan fingerprint density at radius 3 is 2.63 bits per heavy atom. The third-order valence-electron chi connectivity index (χ3n) is 3.45. The van der Waals surface area contributed by atoms with E-state index in [-0.39, 0.29) is 12.0 Å². The van der Waals surface area contributed by atoms with Crippen LogP contribution in [-0.2, 0) is 9.53 Å². The average molecular weight is 267 g/mol. The zero-order chi connectivity index (χ0) is 14.4. The first kappa shape index (κ1) is 13.8. The van der Waals surface area contributed by atoms with E-state index < -0.39 is 11.0 Å². The highest BCUT2D eigenvalue weighted by atomic mass is 16.6. The van der Waals surface area contributed by atoms with E-state index in [1.165, 1.54) is 5.01 Å². The van der Waals surface area contributed by atoms with Crippen LogP contribution in [0.4, 0.5) is 4.79 Å². The number of amides is 2. The lowest BCUT2D eigenvalue weighted by Crippen LogP contribution is -2.53. The molecule has 106 valence electrons. The Balaban J connectivity index is 2.12. The van der Waals surface area contributed by atoms with Gasteiger partial charge in [-0.1, -0.05) is 0 Å². The number of carbonyl (C=O) groups is 2. The van der Waals surface area contributed by atoms with Gasteiger partial charge in [0.2, 0.25) is 0 Å². The molecule has 0 radical (unpaired) electrons. The fraction of sp³-hybridized carbons (Fsp3) is 0.769. The molecule has 2 aliphatic heterocycles. The molecule has 0 spiro atoms. The first-order valence-electron chi connectivity index (χ1n) is 6.47. The summed E-state index contributed by atoms with van der Waals surface area (Å²) < 4.78 is 5.35. The van der Waals surface area contributed by atoms with Crippen molar-refractivity contribution in [2.45, 2.75) is 39.7 Å². The van der Waals surface area contributed by atoms with Crippen molar-refractivity contribution < 1.29 is 14.3 Å². The second-order valence-corrected chi connectivity index (χ2v) is 6.36. The number of hydrazone groups is 1. The number of hydrogen-bond acceptors (Lipinski definition) is 4. The molecule has 0 unspecified atom stereocenters. The standard InChI is InChI=1S/C13H21N3O3/c1-12(2,3)19-11(18)16-7-6-9-13(4,8-16)10(17)15(5)14-9/h6-8H2,1-5H3/t13-/m1/s1. The SMILES string of the molecule is CN1N=C2CCN(C(=O)OC(C)(C)C)C[C@@]2(C)C1=O. The van der Waals surface area contributed by atoms with Crippen molar-refractivity contribution >= 4 is 17.7 Å². The first-order chi connectivity index (χ1) is 8.63. The summed E-state index contributed by atoms with van der Waals surface area (Å²) in [7, 11) is 1.65. The summed E-state index contributed by atoms with van der Waals surface area (Å²) in [5, 5.41) is 5.62. The van der Waals surface area contributed by atoms with Gasteiger partial charge in [0.25, 0.3) is 5.91 Å². The quantitative estimate of drug-likeness (QED) is 0.667. The van der Waals surface area contributed by atoms with Gasteiger partial charge in [0.05, 0.1) is 5.71 Å². The molecule has 2 aliphatic rings. The van der Waals surface area contributed by atoms with Crippen LogP contribution in [0.3, 0.4) is 0 Å². The summed E-state index contributed by atoms with van der Waals surface area (Å²) in [5.41, 5.74) is -0.355. The number of ether oxygens (including phenoxy) is 1. The van der Waals surface area contributed by atoms with E-state index in [0.717, 1.165) is 5.71 Å². The molecular formula is C13H21N3O3. The van der Waals surface area contributed by atoms with Crippen LogP contribution >= 0.6 is 0 Å². The second kappa shape index (κ2) is 4.21. The molecule has 0 N–H and O–H groups in total. The number of piperidine rings is 1. The van der Waals surface area contributed by atoms with Crippen LogP contribution in [0, 0.1) is 5.41 Å². The maximum atomic E-state index is 12.1. The zero-order valence-electron chi connectivity index (χ0n) is 12.2. The topological polar surface area (TPSA) is 62.2 Å². The third kappa shape index (κ3) is 2.43. The molecule has 6 nitrogen and oxygen atoms in total. The van der Waals surface area contributed by atoms with Gasteiger partial charge in [-0.15, -0.1) is 0 Å². The summed E-state index contributed by atoms with van der Waals surface area (Å²) in [4.78, 5) is 25.8. The molecule has 2 heterocycles. The number of rotatable bonds is 0. The van der Waals surface area contributed by atoms with Crippen molar-refractivity contribution in [1.82, 2.24) is 9.91 Å². The Morgan fingerprint density at radius 1 is 1.42 bits per heavy atom. The monoisotopic (exact) mass is 267 g/mol. The maximum absolute atomic E-state index is 12.1. The Hall–Kier alpha value is -1.59. The summed E-state index contributed by atoms with van der Waals surface area (Å²) in [6.07, 6.45) is 0.251. The Morgan fingerprint density at radius 2 is 2.05 bits per heavy atom. The lowest BCUT2D eigenvalue weighted by Gasteiger charge is -2.37. The highest BCUT2D eigenvalue weighted by molar-refractivity contribution is 6.12. The van der Waals surface area contributed by atoms with Crippen molar-refractivity contribution in [2.24, 2.45) is 10.5 Å². The zero-order valence-corrected chi connectivity index (χ0v) is 12.2. The molecule has 0 aliphatic carbocycles. The number of likely N-dealkylation sites (tertiary alicyclic amines) is 1. The molecule has 0 aromatic heterocycles. The van der Waals surface area contributed by atoms with Gasteiger partial charge in [0.1, 0.15) is 11.0 Å². The molecule has 2 amide bonds. The van der Waals surface area contributed by atoms with E-state index in [1.807, 2.05) is 27.7 Å². The van der Waals surface area contributed by atoms with Gasteiger partial charge in [-0.05, 0) is 27.7 Å². The molecule has 1 atom stereocenters. The molecule has 6 heteroatoms. The summed E-state index contributed by atoms with van der Waals surface area (Å²) in [6, 6.07) is 0. The van der Waals surface area contributed by atoms with E-state index in [9.17, 15) is 9.59 Å². The van der Waals surface area contributed by atoms with Gasteiger partial charge in [0, 0.05) is 26.6 Å². The number of carbonyl (C=O) groups excluding carboxylic acids is 2. The van der Waals surface area contributed by atoms with Crippen molar-refractivity contribution in [2.75, 3.05) is 20.1 Å². The average Bonchev–Trinajstić information content (AvgIpc) is 2.49. The molecule has 0 aromatic rings. The number of fused-ring (bicyclic) bond motifs is 1. The first-order valence-corrected chi connectivity index (χ1v) is 6.47. The smallest absolute Gasteiger partial charge is 0.410 e. The molecule has 0 bridgehead atoms. The van der Waals surface area contributed by atoms with Crippen LogP contribution < -0.4 is 0 Å². The highest BCUT2D eigenvalue weighted by Gasteiger charge is 2.50. The van der Waals surface area contributed by atoms with Gasteiger partial charge in [-0.2, -0.15) is 5.10 Å². The lowest BCUT2D eigenvalue weighted by atomic mass is 9.80. The fourth-order valence-corrected chi connectivity index (χ4v) is 2.49. The molecule has 1 saturated heterocycles. The van der Waals surface area contributed by atoms with Gasteiger partial charge >= 0.3 is 6.09 Å². The Labute approximate surface area is 113 Å². The van der Waals surface area contributed by atoms with Crippen molar-refractivity contribution in [1.29, 1.82) is 0 Å². The van der Waals surface area contributed by atoms with E-state index in [2.05, 4.69) is 5.10 Å². The van der Waals surface area contributed by atoms with E-state index in [4.69, 9.17) is 4.74 Å². The Bertz CT molecular complexity index is 453. The van der Waals surface area contributed by atoms with Crippen molar-refractivity contribution in [3.8, 4) is 0 Å². The van der Waals surface area contributed by atoms with E-state index in [0.29, 0.717) is 19.5 Å². The van der Waals surface area contributed by atoms with Gasteiger partial charge < -0.3 is 9.64 Å². The molecular weight excluding hydrogens is 246 g/mol. The third-order valence-corrected chi connectivity index (χ3v) is 3.45. The van der Waals surface area contributed by atoms with Crippen LogP contribution in [0.15, 0.2) is 5.10 Å². The predicted octanol–water partition coefficient (Wildman–Crippen LogP) is 1.46. The minimum absolute atomic E-state index is 0.0595. The van der Waals surface area contributed by atoms with Gasteiger partial charge in [0.15, 0.2) is 0 Å². The van der Waals surface area contributed by atoms with Crippen molar-refractivity contribution in [3.05, 3.63) is 0 Å². The van der Waals surface area contributed by atoms with E-state index in [1.54, 1.807) is 11.9 Å². The summed E-state index contributed by atoms with van der Waals surface area (Å²) >= 11 is 0.